The fourth-order valence-electron chi connectivity index (χ4n) is 2.34. The summed E-state index contributed by atoms with van der Waals surface area (Å²) in [5.74, 6) is 2.68. The minimum Gasteiger partial charge on any atom is -0.465 e. The predicted molar refractivity (Wildman–Crippen MR) is 65.2 cm³/mol. The molecule has 2 rings (SSSR count). The molecule has 1 aliphatic heterocycles. The summed E-state index contributed by atoms with van der Waals surface area (Å²) < 4.78 is 5.68. The van der Waals surface area contributed by atoms with E-state index >= 15 is 0 Å². The van der Waals surface area contributed by atoms with Gasteiger partial charge in [-0.05, 0) is 44.9 Å². The lowest BCUT2D eigenvalue weighted by Crippen LogP contribution is -2.48. The first-order valence-corrected chi connectivity index (χ1v) is 6.14. The minimum absolute atomic E-state index is 0.298. The molecule has 0 aliphatic carbocycles. The van der Waals surface area contributed by atoms with Gasteiger partial charge in [0.1, 0.15) is 11.5 Å². The van der Waals surface area contributed by atoms with Crippen LogP contribution in [0.1, 0.15) is 37.8 Å². The van der Waals surface area contributed by atoms with E-state index in [2.05, 4.69) is 24.8 Å². The number of hydrogen-bond donors (Lipinski definition) is 1. The molecule has 1 saturated heterocycles. The molecule has 0 amide bonds. The number of nitrogens with zero attached hydrogens (tertiary/aromatic N) is 1. The molecule has 0 saturated carbocycles. The van der Waals surface area contributed by atoms with Gasteiger partial charge in [-0.1, -0.05) is 6.92 Å². The zero-order valence-corrected chi connectivity index (χ0v) is 10.4. The molecule has 3 heteroatoms. The van der Waals surface area contributed by atoms with Gasteiger partial charge in [-0.15, -0.1) is 0 Å². The maximum atomic E-state index is 6.12. The largest absolute Gasteiger partial charge is 0.465 e. The zero-order valence-electron chi connectivity index (χ0n) is 10.4. The highest BCUT2D eigenvalue weighted by Gasteiger charge is 2.27. The van der Waals surface area contributed by atoms with Gasteiger partial charge >= 0.3 is 0 Å². The fourth-order valence-corrected chi connectivity index (χ4v) is 2.34. The van der Waals surface area contributed by atoms with E-state index in [4.69, 9.17) is 10.2 Å². The van der Waals surface area contributed by atoms with Crippen molar-refractivity contribution in [2.75, 3.05) is 13.1 Å². The van der Waals surface area contributed by atoms with E-state index in [1.54, 1.807) is 0 Å². The van der Waals surface area contributed by atoms with Gasteiger partial charge in [-0.2, -0.15) is 0 Å². The van der Waals surface area contributed by atoms with Crippen molar-refractivity contribution in [2.45, 2.75) is 39.3 Å². The Morgan fingerprint density at radius 2 is 2.25 bits per heavy atom. The molecule has 3 nitrogen and oxygen atoms in total. The van der Waals surface area contributed by atoms with Crippen LogP contribution in [0.2, 0.25) is 0 Å². The Bertz CT molecular complexity index is 347. The van der Waals surface area contributed by atoms with E-state index in [9.17, 15) is 0 Å². The van der Waals surface area contributed by atoms with Crippen LogP contribution in [0.25, 0.3) is 0 Å². The molecule has 16 heavy (non-hydrogen) atoms. The van der Waals surface area contributed by atoms with Crippen LogP contribution >= 0.6 is 0 Å². The first kappa shape index (κ1) is 11.7. The summed E-state index contributed by atoms with van der Waals surface area (Å²) in [6.45, 7) is 8.52. The summed E-state index contributed by atoms with van der Waals surface area (Å²) in [4.78, 5) is 2.42. The Hall–Kier alpha value is -0.800. The summed E-state index contributed by atoms with van der Waals surface area (Å²) in [7, 11) is 0. The molecule has 0 aromatic carbocycles. The molecule has 3 unspecified atom stereocenters. The summed E-state index contributed by atoms with van der Waals surface area (Å²) in [6.07, 6.45) is 1.19. The van der Waals surface area contributed by atoms with Crippen molar-refractivity contribution in [1.82, 2.24) is 4.90 Å². The number of likely N-dealkylation sites (tertiary alicyclic amines) is 1. The van der Waals surface area contributed by atoms with Crippen LogP contribution in [0.15, 0.2) is 16.5 Å². The van der Waals surface area contributed by atoms with E-state index in [0.717, 1.165) is 24.6 Å². The predicted octanol–water partition coefficient (Wildman–Crippen LogP) is 2.32. The lowest BCUT2D eigenvalue weighted by atomic mass is 9.93. The molecule has 2 heterocycles. The van der Waals surface area contributed by atoms with Crippen LogP contribution in [-0.4, -0.2) is 24.0 Å². The first-order valence-electron chi connectivity index (χ1n) is 6.14. The monoisotopic (exact) mass is 222 g/mol. The van der Waals surface area contributed by atoms with E-state index in [0.29, 0.717) is 18.0 Å². The Kier molecular flexibility index (Phi) is 3.36. The number of piperidine rings is 1. The second-order valence-corrected chi connectivity index (χ2v) is 5.05. The van der Waals surface area contributed by atoms with Crippen molar-refractivity contribution in [3.05, 3.63) is 23.7 Å². The van der Waals surface area contributed by atoms with Gasteiger partial charge in [0.2, 0.25) is 0 Å². The van der Waals surface area contributed by atoms with Crippen LogP contribution in [0.3, 0.4) is 0 Å². The van der Waals surface area contributed by atoms with Gasteiger partial charge in [0.05, 0.1) is 6.04 Å². The molecule has 0 radical (unpaired) electrons. The molecule has 1 fully saturated rings. The molecule has 2 N–H and O–H groups in total. The summed E-state index contributed by atoms with van der Waals surface area (Å²) >= 11 is 0. The fraction of sp³-hybridized carbons (Fsp3) is 0.692. The van der Waals surface area contributed by atoms with Crippen molar-refractivity contribution in [3.63, 3.8) is 0 Å². The third-order valence-corrected chi connectivity index (χ3v) is 3.77. The van der Waals surface area contributed by atoms with Crippen LogP contribution in [0.4, 0.5) is 0 Å². The summed E-state index contributed by atoms with van der Waals surface area (Å²) in [6, 6.07) is 4.74. The highest BCUT2D eigenvalue weighted by molar-refractivity contribution is 5.09. The van der Waals surface area contributed by atoms with Crippen molar-refractivity contribution in [2.24, 2.45) is 11.7 Å². The number of furan rings is 1. The normalized spacial score (nSPS) is 29.2. The van der Waals surface area contributed by atoms with Gasteiger partial charge in [0.25, 0.3) is 0 Å². The third-order valence-electron chi connectivity index (χ3n) is 3.77. The maximum Gasteiger partial charge on any atom is 0.121 e. The number of aryl methyl sites for hydroxylation is 1. The van der Waals surface area contributed by atoms with Gasteiger partial charge in [-0.25, -0.2) is 0 Å². The Balaban J connectivity index is 2.02. The molecule has 0 spiro atoms. The van der Waals surface area contributed by atoms with Crippen LogP contribution in [0.5, 0.6) is 0 Å². The van der Waals surface area contributed by atoms with E-state index < -0.39 is 0 Å². The Labute approximate surface area is 97.6 Å². The second kappa shape index (κ2) is 4.60. The second-order valence-electron chi connectivity index (χ2n) is 5.05. The molecule has 1 aliphatic rings. The lowest BCUT2D eigenvalue weighted by Gasteiger charge is -2.37. The van der Waals surface area contributed by atoms with Gasteiger partial charge in [0, 0.05) is 12.6 Å². The maximum absolute atomic E-state index is 6.12. The molecule has 0 bridgehead atoms. The molecular formula is C13H22N2O. The highest BCUT2D eigenvalue weighted by Crippen LogP contribution is 2.26. The standard InChI is InChI=1S/C13H22N2O/c1-9-6-7-15(8-12(9)14)11(3)13-5-4-10(2)16-13/h4-5,9,11-12H,6-8,14H2,1-3H3. The lowest BCUT2D eigenvalue weighted by molar-refractivity contribution is 0.116. The van der Waals surface area contributed by atoms with Crippen LogP contribution in [-0.2, 0) is 0 Å². The third kappa shape index (κ3) is 2.30. The average molecular weight is 222 g/mol. The van der Waals surface area contributed by atoms with Crippen LogP contribution in [0, 0.1) is 12.8 Å². The Morgan fingerprint density at radius 3 is 2.81 bits per heavy atom. The van der Waals surface area contributed by atoms with Crippen molar-refractivity contribution < 1.29 is 4.42 Å². The Morgan fingerprint density at radius 1 is 1.50 bits per heavy atom. The smallest absolute Gasteiger partial charge is 0.121 e. The summed E-state index contributed by atoms with van der Waals surface area (Å²) in [5, 5.41) is 0. The average Bonchev–Trinajstić information content (AvgIpc) is 2.68. The van der Waals surface area contributed by atoms with E-state index in [-0.39, 0.29) is 0 Å². The minimum atomic E-state index is 0.298. The highest BCUT2D eigenvalue weighted by atomic mass is 16.3. The van der Waals surface area contributed by atoms with E-state index in [1.807, 2.05) is 13.0 Å². The zero-order chi connectivity index (χ0) is 11.7. The van der Waals surface area contributed by atoms with Crippen molar-refractivity contribution in [1.29, 1.82) is 0 Å². The first-order chi connectivity index (χ1) is 7.58. The van der Waals surface area contributed by atoms with Crippen molar-refractivity contribution in [3.8, 4) is 0 Å². The molecule has 1 aromatic rings. The number of hydrogen-bond acceptors (Lipinski definition) is 3. The van der Waals surface area contributed by atoms with Gasteiger partial charge < -0.3 is 10.2 Å². The molecule has 3 atom stereocenters. The molecule has 1 aromatic heterocycles. The number of rotatable bonds is 2. The quantitative estimate of drug-likeness (QED) is 0.835. The van der Waals surface area contributed by atoms with Gasteiger partial charge in [0.15, 0.2) is 0 Å². The summed E-state index contributed by atoms with van der Waals surface area (Å²) in [5.41, 5.74) is 6.12. The van der Waals surface area contributed by atoms with Crippen molar-refractivity contribution >= 4 is 0 Å². The SMILES string of the molecule is Cc1ccc(C(C)N2CCC(C)C(N)C2)o1. The van der Waals surface area contributed by atoms with E-state index in [1.165, 1.54) is 6.42 Å². The number of nitrogens with two attached hydrogens (primary N) is 1. The van der Waals surface area contributed by atoms with Gasteiger partial charge in [-0.3, -0.25) is 4.90 Å². The molecule has 90 valence electrons. The molecular weight excluding hydrogens is 200 g/mol. The van der Waals surface area contributed by atoms with Crippen LogP contribution < -0.4 is 5.73 Å². The topological polar surface area (TPSA) is 42.4 Å².